The molecule has 0 radical (unpaired) electrons. The molecule has 2 fully saturated rings. The lowest BCUT2D eigenvalue weighted by molar-refractivity contribution is -0.141. The molecule has 132 valence electrons. The van der Waals surface area contributed by atoms with E-state index in [0.717, 1.165) is 24.0 Å². The van der Waals surface area contributed by atoms with Crippen molar-refractivity contribution in [3.63, 3.8) is 0 Å². The zero-order chi connectivity index (χ0) is 17.2. The Balaban J connectivity index is 1.36. The molecule has 6 heteroatoms. The van der Waals surface area contributed by atoms with Gasteiger partial charge in [0.1, 0.15) is 0 Å². The predicted octanol–water partition coefficient (Wildman–Crippen LogP) is 2.70. The van der Waals surface area contributed by atoms with Gasteiger partial charge in [0.15, 0.2) is 0 Å². The molecule has 0 unspecified atom stereocenters. The summed E-state index contributed by atoms with van der Waals surface area (Å²) in [6.45, 7) is 1.91. The summed E-state index contributed by atoms with van der Waals surface area (Å²) in [7, 11) is 0. The normalized spacial score (nSPS) is 19.0. The zero-order valence-corrected chi connectivity index (χ0v) is 14.4. The molecule has 1 saturated carbocycles. The van der Waals surface area contributed by atoms with Gasteiger partial charge in [-0.25, -0.2) is 0 Å². The van der Waals surface area contributed by atoms with Gasteiger partial charge in [0.25, 0.3) is 0 Å². The van der Waals surface area contributed by atoms with Gasteiger partial charge in [0.05, 0.1) is 5.92 Å². The average Bonchev–Trinajstić information content (AvgIpc) is 3.11. The number of hydrogen-bond acceptors (Lipinski definition) is 5. The van der Waals surface area contributed by atoms with Crippen LogP contribution >= 0.6 is 0 Å². The maximum absolute atomic E-state index is 12.5. The van der Waals surface area contributed by atoms with Crippen molar-refractivity contribution in [2.75, 3.05) is 13.1 Å². The number of nitrogens with two attached hydrogens (primary N) is 1. The molecule has 0 bridgehead atoms. The molecule has 2 heterocycles. The third kappa shape index (κ3) is 3.31. The molecule has 25 heavy (non-hydrogen) atoms. The first kappa shape index (κ1) is 16.3. The molecule has 2 N–H and O–H groups in total. The van der Waals surface area contributed by atoms with E-state index in [1.807, 2.05) is 29.2 Å². The van der Waals surface area contributed by atoms with Gasteiger partial charge in [-0.15, -0.1) is 0 Å². The summed E-state index contributed by atoms with van der Waals surface area (Å²) in [4.78, 5) is 19.0. The summed E-state index contributed by atoms with van der Waals surface area (Å²) >= 11 is 0. The van der Waals surface area contributed by atoms with Crippen molar-refractivity contribution in [1.29, 1.82) is 0 Å². The Bertz CT molecular complexity index is 728. The quantitative estimate of drug-likeness (QED) is 0.925. The number of likely N-dealkylation sites (tertiary alicyclic amines) is 1. The first-order valence-corrected chi connectivity index (χ1v) is 9.16. The molecule has 1 aliphatic carbocycles. The van der Waals surface area contributed by atoms with E-state index in [1.54, 1.807) is 0 Å². The smallest absolute Gasteiger partial charge is 0.233 e. The fourth-order valence-electron chi connectivity index (χ4n) is 3.73. The largest absolute Gasteiger partial charge is 0.341 e. The lowest BCUT2D eigenvalue weighted by atomic mass is 9.86. The molecule has 4 rings (SSSR count). The molecule has 1 aromatic carbocycles. The van der Waals surface area contributed by atoms with Crippen LogP contribution in [0.5, 0.6) is 0 Å². The minimum atomic E-state index is 0.164. The van der Waals surface area contributed by atoms with Crippen LogP contribution in [-0.2, 0) is 11.3 Å². The highest BCUT2D eigenvalue weighted by Gasteiger charge is 2.38. The first-order chi connectivity index (χ1) is 12.2. The summed E-state index contributed by atoms with van der Waals surface area (Å²) in [5.74, 6) is 1.93. The first-order valence-electron chi connectivity index (χ1n) is 9.16. The molecule has 2 aromatic rings. The minimum Gasteiger partial charge on any atom is -0.341 e. The Hall–Kier alpha value is -2.21. The predicted molar refractivity (Wildman–Crippen MR) is 93.5 cm³/mol. The number of rotatable bonds is 4. The SMILES string of the molecule is NCc1ccc(-c2noc(C3CN(C(=O)C4CCCCC4)C3)n2)cc1. The van der Waals surface area contributed by atoms with Gasteiger partial charge in [-0.05, 0) is 18.4 Å². The Morgan fingerprint density at radius 3 is 2.56 bits per heavy atom. The maximum atomic E-state index is 12.5. The number of carbonyl (C=O) groups is 1. The van der Waals surface area contributed by atoms with Crippen molar-refractivity contribution in [2.24, 2.45) is 11.7 Å². The van der Waals surface area contributed by atoms with Crippen LogP contribution in [-0.4, -0.2) is 34.0 Å². The summed E-state index contributed by atoms with van der Waals surface area (Å²) in [5.41, 5.74) is 7.61. The van der Waals surface area contributed by atoms with Gasteiger partial charge < -0.3 is 15.2 Å². The fourth-order valence-corrected chi connectivity index (χ4v) is 3.73. The van der Waals surface area contributed by atoms with Crippen molar-refractivity contribution in [3.05, 3.63) is 35.7 Å². The number of hydrogen-bond donors (Lipinski definition) is 1. The van der Waals surface area contributed by atoms with E-state index in [9.17, 15) is 4.79 Å². The van der Waals surface area contributed by atoms with Crippen LogP contribution in [0, 0.1) is 5.92 Å². The average molecular weight is 340 g/mol. The highest BCUT2D eigenvalue weighted by Crippen LogP contribution is 2.32. The van der Waals surface area contributed by atoms with E-state index in [4.69, 9.17) is 10.3 Å². The number of amides is 1. The van der Waals surface area contributed by atoms with Gasteiger partial charge >= 0.3 is 0 Å². The Labute approximate surface area is 147 Å². The Morgan fingerprint density at radius 1 is 1.16 bits per heavy atom. The molecular formula is C19H24N4O2. The summed E-state index contributed by atoms with van der Waals surface area (Å²) in [6, 6.07) is 7.85. The topological polar surface area (TPSA) is 85.2 Å². The van der Waals surface area contributed by atoms with Crippen molar-refractivity contribution in [2.45, 2.75) is 44.6 Å². The molecule has 0 atom stereocenters. The molecular weight excluding hydrogens is 316 g/mol. The molecule has 6 nitrogen and oxygen atoms in total. The second kappa shape index (κ2) is 6.96. The number of carbonyl (C=O) groups excluding carboxylic acids is 1. The Kier molecular flexibility index (Phi) is 4.53. The monoisotopic (exact) mass is 340 g/mol. The maximum Gasteiger partial charge on any atom is 0.233 e. The van der Waals surface area contributed by atoms with Crippen LogP contribution in [0.4, 0.5) is 0 Å². The van der Waals surface area contributed by atoms with Gasteiger partial charge in [-0.3, -0.25) is 4.79 Å². The lowest BCUT2D eigenvalue weighted by Crippen LogP contribution is -2.51. The number of aromatic nitrogens is 2. The highest BCUT2D eigenvalue weighted by atomic mass is 16.5. The van der Waals surface area contributed by atoms with Gasteiger partial charge in [0.2, 0.25) is 17.6 Å². The van der Waals surface area contributed by atoms with Crippen LogP contribution in [0.1, 0.15) is 49.5 Å². The van der Waals surface area contributed by atoms with Crippen molar-refractivity contribution in [3.8, 4) is 11.4 Å². The molecule has 1 aliphatic heterocycles. The highest BCUT2D eigenvalue weighted by molar-refractivity contribution is 5.80. The van der Waals surface area contributed by atoms with E-state index in [1.165, 1.54) is 19.3 Å². The van der Waals surface area contributed by atoms with Crippen molar-refractivity contribution < 1.29 is 9.32 Å². The molecule has 0 spiro atoms. The van der Waals surface area contributed by atoms with Gasteiger partial charge in [-0.1, -0.05) is 48.7 Å². The molecule has 1 amide bonds. The zero-order valence-electron chi connectivity index (χ0n) is 14.4. The van der Waals surface area contributed by atoms with Crippen LogP contribution < -0.4 is 5.73 Å². The van der Waals surface area contributed by atoms with Gasteiger partial charge in [0, 0.05) is 31.1 Å². The lowest BCUT2D eigenvalue weighted by Gasteiger charge is -2.39. The molecule has 1 aromatic heterocycles. The van der Waals surface area contributed by atoms with Crippen LogP contribution in [0.2, 0.25) is 0 Å². The summed E-state index contributed by atoms with van der Waals surface area (Å²) in [6.07, 6.45) is 5.73. The standard InChI is InChI=1S/C19H24N4O2/c20-10-13-6-8-14(9-7-13)17-21-18(25-22-17)16-11-23(12-16)19(24)15-4-2-1-3-5-15/h6-9,15-16H,1-5,10-12,20H2. The summed E-state index contributed by atoms with van der Waals surface area (Å²) in [5, 5.41) is 4.08. The third-order valence-corrected chi connectivity index (χ3v) is 5.39. The van der Waals surface area contributed by atoms with Crippen molar-refractivity contribution in [1.82, 2.24) is 15.0 Å². The van der Waals surface area contributed by atoms with Crippen molar-refractivity contribution >= 4 is 5.91 Å². The van der Waals surface area contributed by atoms with Crippen LogP contribution in [0.25, 0.3) is 11.4 Å². The van der Waals surface area contributed by atoms with Crippen LogP contribution in [0.15, 0.2) is 28.8 Å². The number of nitrogens with zero attached hydrogens (tertiary/aromatic N) is 3. The second-order valence-corrected chi connectivity index (χ2v) is 7.13. The van der Waals surface area contributed by atoms with E-state index < -0.39 is 0 Å². The van der Waals surface area contributed by atoms with Gasteiger partial charge in [-0.2, -0.15) is 4.98 Å². The minimum absolute atomic E-state index is 0.164. The third-order valence-electron chi connectivity index (χ3n) is 5.39. The summed E-state index contributed by atoms with van der Waals surface area (Å²) < 4.78 is 5.43. The fraction of sp³-hybridized carbons (Fsp3) is 0.526. The molecule has 1 saturated heterocycles. The molecule has 2 aliphatic rings. The van der Waals surface area contributed by atoms with E-state index in [2.05, 4.69) is 10.1 Å². The Morgan fingerprint density at radius 2 is 1.88 bits per heavy atom. The van der Waals surface area contributed by atoms with E-state index in [0.29, 0.717) is 37.3 Å². The number of benzene rings is 1. The van der Waals surface area contributed by atoms with E-state index in [-0.39, 0.29) is 11.8 Å². The van der Waals surface area contributed by atoms with E-state index >= 15 is 0 Å². The van der Waals surface area contributed by atoms with Crippen LogP contribution in [0.3, 0.4) is 0 Å². The second-order valence-electron chi connectivity index (χ2n) is 7.13.